The van der Waals surface area contributed by atoms with Crippen LogP contribution in [0.15, 0.2) is 21.8 Å². The number of carbonyl (C=O) groups excluding carboxylic acids is 1. The second-order valence-electron chi connectivity index (χ2n) is 2.90. The fraction of sp³-hybridized carbons (Fsp3) is 0.444. The molecule has 13 heavy (non-hydrogen) atoms. The van der Waals surface area contributed by atoms with Crippen LogP contribution in [-0.2, 0) is 9.53 Å². The molecule has 2 rings (SSSR count). The number of hydrogen-bond acceptors (Lipinski definition) is 3. The zero-order valence-electron chi connectivity index (χ0n) is 7.41. The molecular formula is C9H10N2O2. The number of amides is 1. The number of carbonyl (C=O) groups is 1. The van der Waals surface area contributed by atoms with Crippen molar-refractivity contribution in [3.63, 3.8) is 0 Å². The molecule has 2 aliphatic rings. The van der Waals surface area contributed by atoms with Crippen molar-refractivity contribution in [1.29, 1.82) is 0 Å². The Hall–Kier alpha value is -1.45. The van der Waals surface area contributed by atoms with Gasteiger partial charge in [-0.15, -0.1) is 0 Å². The summed E-state index contributed by atoms with van der Waals surface area (Å²) in [5, 5.41) is 0. The quantitative estimate of drug-likeness (QED) is 0.603. The summed E-state index contributed by atoms with van der Waals surface area (Å²) >= 11 is 0. The van der Waals surface area contributed by atoms with Gasteiger partial charge in [-0.1, -0.05) is 6.92 Å². The molecule has 4 heteroatoms. The number of rotatable bonds is 1. The Morgan fingerprint density at radius 2 is 2.38 bits per heavy atom. The van der Waals surface area contributed by atoms with E-state index in [1.165, 1.54) is 6.26 Å². The molecule has 0 aliphatic carbocycles. The number of aliphatic imine (C=N–C) groups is 2. The molecule has 0 atom stereocenters. The molecule has 0 spiro atoms. The normalized spacial score (nSPS) is 21.0. The van der Waals surface area contributed by atoms with Crippen LogP contribution in [0, 0.1) is 0 Å². The first-order valence-corrected chi connectivity index (χ1v) is 4.33. The number of amidine groups is 1. The molecule has 2 aliphatic heterocycles. The molecule has 0 aromatic heterocycles. The maximum Gasteiger partial charge on any atom is 0.283 e. The van der Waals surface area contributed by atoms with Gasteiger partial charge in [-0.2, -0.15) is 4.99 Å². The van der Waals surface area contributed by atoms with E-state index in [0.29, 0.717) is 30.9 Å². The van der Waals surface area contributed by atoms with Crippen LogP contribution in [0.3, 0.4) is 0 Å². The van der Waals surface area contributed by atoms with E-state index in [1.807, 2.05) is 6.92 Å². The number of fused-ring (bicyclic) bond motifs is 1. The van der Waals surface area contributed by atoms with Crippen molar-refractivity contribution in [2.75, 3.05) is 6.61 Å². The van der Waals surface area contributed by atoms with Gasteiger partial charge < -0.3 is 4.74 Å². The van der Waals surface area contributed by atoms with Crippen LogP contribution in [0.5, 0.6) is 0 Å². The molecule has 0 saturated carbocycles. The third-order valence-corrected chi connectivity index (χ3v) is 2.01. The molecule has 0 aromatic rings. The van der Waals surface area contributed by atoms with Crippen molar-refractivity contribution >= 4 is 17.5 Å². The van der Waals surface area contributed by atoms with Gasteiger partial charge in [-0.05, 0) is 0 Å². The summed E-state index contributed by atoms with van der Waals surface area (Å²) in [5.41, 5.74) is 1.34. The maximum atomic E-state index is 11.4. The Kier molecular flexibility index (Phi) is 1.96. The van der Waals surface area contributed by atoms with Crippen molar-refractivity contribution in [1.82, 2.24) is 0 Å². The van der Waals surface area contributed by atoms with Crippen LogP contribution in [0.1, 0.15) is 19.8 Å². The largest absolute Gasteiger partial charge is 0.500 e. The molecule has 1 amide bonds. The summed E-state index contributed by atoms with van der Waals surface area (Å²) < 4.78 is 5.05. The van der Waals surface area contributed by atoms with Gasteiger partial charge >= 0.3 is 0 Å². The van der Waals surface area contributed by atoms with Gasteiger partial charge in [0.05, 0.1) is 24.2 Å². The molecule has 2 heterocycles. The summed E-state index contributed by atoms with van der Waals surface area (Å²) in [6, 6.07) is 0. The lowest BCUT2D eigenvalue weighted by atomic mass is 10.1. The van der Waals surface area contributed by atoms with E-state index in [1.54, 1.807) is 0 Å². The zero-order valence-corrected chi connectivity index (χ0v) is 7.41. The average Bonchev–Trinajstić information content (AvgIpc) is 2.18. The molecule has 68 valence electrons. The van der Waals surface area contributed by atoms with Crippen LogP contribution in [-0.4, -0.2) is 24.1 Å². The minimum atomic E-state index is -0.221. The zero-order chi connectivity index (χ0) is 9.26. The van der Waals surface area contributed by atoms with Crippen LogP contribution in [0.4, 0.5) is 0 Å². The van der Waals surface area contributed by atoms with Gasteiger partial charge in [0.2, 0.25) is 0 Å². The first kappa shape index (κ1) is 8.16. The summed E-state index contributed by atoms with van der Waals surface area (Å²) in [7, 11) is 0. The first-order chi connectivity index (χ1) is 6.31. The van der Waals surface area contributed by atoms with Gasteiger partial charge in [0.1, 0.15) is 5.84 Å². The van der Waals surface area contributed by atoms with E-state index >= 15 is 0 Å². The maximum absolute atomic E-state index is 11.4. The molecule has 4 nitrogen and oxygen atoms in total. The Morgan fingerprint density at radius 1 is 1.54 bits per heavy atom. The Bertz CT molecular complexity index is 340. The number of hydrogen-bond donors (Lipinski definition) is 0. The van der Waals surface area contributed by atoms with Crippen LogP contribution < -0.4 is 0 Å². The highest BCUT2D eigenvalue weighted by Gasteiger charge is 2.23. The summed E-state index contributed by atoms with van der Waals surface area (Å²) in [6.07, 6.45) is 2.86. The second-order valence-corrected chi connectivity index (χ2v) is 2.90. The van der Waals surface area contributed by atoms with Crippen molar-refractivity contribution in [3.05, 3.63) is 11.8 Å². The smallest absolute Gasteiger partial charge is 0.283 e. The number of nitrogens with zero attached hydrogens (tertiary/aromatic N) is 2. The molecule has 0 saturated heterocycles. The fourth-order valence-electron chi connectivity index (χ4n) is 1.31. The van der Waals surface area contributed by atoms with E-state index in [-0.39, 0.29) is 5.91 Å². The highest BCUT2D eigenvalue weighted by molar-refractivity contribution is 6.29. The highest BCUT2D eigenvalue weighted by Crippen LogP contribution is 2.16. The lowest BCUT2D eigenvalue weighted by Crippen LogP contribution is -2.23. The Balaban J connectivity index is 2.39. The minimum Gasteiger partial charge on any atom is -0.500 e. The van der Waals surface area contributed by atoms with Gasteiger partial charge in [0, 0.05) is 12.8 Å². The topological polar surface area (TPSA) is 51.0 Å². The third kappa shape index (κ3) is 1.39. The predicted octanol–water partition coefficient (Wildman–Crippen LogP) is 1.08. The molecule has 0 bridgehead atoms. The van der Waals surface area contributed by atoms with Crippen molar-refractivity contribution in [3.8, 4) is 0 Å². The van der Waals surface area contributed by atoms with E-state index in [9.17, 15) is 4.79 Å². The summed E-state index contributed by atoms with van der Waals surface area (Å²) in [5.74, 6) is 0.403. The fourth-order valence-corrected chi connectivity index (χ4v) is 1.31. The van der Waals surface area contributed by atoms with Crippen molar-refractivity contribution in [2.45, 2.75) is 19.8 Å². The van der Waals surface area contributed by atoms with Gasteiger partial charge in [0.15, 0.2) is 0 Å². The molecule has 0 fully saturated rings. The van der Waals surface area contributed by atoms with Gasteiger partial charge in [0.25, 0.3) is 5.91 Å². The summed E-state index contributed by atoms with van der Waals surface area (Å²) in [4.78, 5) is 19.5. The third-order valence-electron chi connectivity index (χ3n) is 2.01. The Labute approximate surface area is 76.0 Å². The summed E-state index contributed by atoms with van der Waals surface area (Å²) in [6.45, 7) is 2.54. The van der Waals surface area contributed by atoms with Crippen molar-refractivity contribution in [2.24, 2.45) is 9.98 Å². The highest BCUT2D eigenvalue weighted by atomic mass is 16.5. The monoisotopic (exact) mass is 178 g/mol. The van der Waals surface area contributed by atoms with E-state index in [4.69, 9.17) is 4.74 Å². The van der Waals surface area contributed by atoms with Crippen molar-refractivity contribution < 1.29 is 9.53 Å². The van der Waals surface area contributed by atoms with Crippen LogP contribution in [0.25, 0.3) is 0 Å². The lowest BCUT2D eigenvalue weighted by Gasteiger charge is -2.17. The first-order valence-electron chi connectivity index (χ1n) is 4.33. The average molecular weight is 178 g/mol. The SMILES string of the molecule is CCC1=NC(=O)C2=COCCC2=N1. The van der Waals surface area contributed by atoms with Crippen LogP contribution in [0.2, 0.25) is 0 Å². The van der Waals surface area contributed by atoms with Crippen LogP contribution >= 0.6 is 0 Å². The molecule has 0 radical (unpaired) electrons. The Morgan fingerprint density at radius 3 is 3.15 bits per heavy atom. The van der Waals surface area contributed by atoms with E-state index in [0.717, 1.165) is 5.71 Å². The number of ether oxygens (including phenoxy) is 1. The van der Waals surface area contributed by atoms with Gasteiger partial charge in [-0.3, -0.25) is 4.79 Å². The molecule has 0 aromatic carbocycles. The second kappa shape index (κ2) is 3.12. The van der Waals surface area contributed by atoms with E-state index in [2.05, 4.69) is 9.98 Å². The standard InChI is InChI=1S/C9H10N2O2/c1-2-8-10-7-3-4-13-5-6(7)9(12)11-8/h5H,2-4H2,1H3. The lowest BCUT2D eigenvalue weighted by molar-refractivity contribution is -0.114. The predicted molar refractivity (Wildman–Crippen MR) is 48.8 cm³/mol. The molecule has 0 N–H and O–H groups in total. The minimum absolute atomic E-state index is 0.221. The van der Waals surface area contributed by atoms with Gasteiger partial charge in [-0.25, -0.2) is 4.99 Å². The molecule has 0 unspecified atom stereocenters. The van der Waals surface area contributed by atoms with E-state index < -0.39 is 0 Å². The molecular weight excluding hydrogens is 168 g/mol.